The molecule has 3 N–H and O–H groups in total. The summed E-state index contributed by atoms with van der Waals surface area (Å²) in [7, 11) is 0. The SMILES string of the molecule is Nc1[nH]c(=O)ncc1-c1cccc([N+](=O)[O-])c1. The number of nitro benzene ring substituents is 1. The molecule has 0 fully saturated rings. The maximum atomic E-state index is 10.9. The number of aromatic nitrogens is 2. The molecule has 0 saturated carbocycles. The topological polar surface area (TPSA) is 115 Å². The number of benzene rings is 1. The Labute approximate surface area is 95.1 Å². The van der Waals surface area contributed by atoms with Crippen molar-refractivity contribution in [2.75, 3.05) is 5.73 Å². The first kappa shape index (κ1) is 10.8. The third-order valence-corrected chi connectivity index (χ3v) is 2.21. The molecule has 1 heterocycles. The van der Waals surface area contributed by atoms with E-state index in [1.165, 1.54) is 24.4 Å². The first-order valence-corrected chi connectivity index (χ1v) is 4.67. The van der Waals surface area contributed by atoms with Crippen LogP contribution in [0.25, 0.3) is 11.1 Å². The van der Waals surface area contributed by atoms with Crippen LogP contribution >= 0.6 is 0 Å². The number of hydrogen-bond acceptors (Lipinski definition) is 5. The molecule has 17 heavy (non-hydrogen) atoms. The predicted molar refractivity (Wildman–Crippen MR) is 61.4 cm³/mol. The number of aromatic amines is 1. The van der Waals surface area contributed by atoms with Crippen LogP contribution in [-0.2, 0) is 0 Å². The molecule has 0 aliphatic carbocycles. The maximum Gasteiger partial charge on any atom is 0.346 e. The Morgan fingerprint density at radius 1 is 1.41 bits per heavy atom. The van der Waals surface area contributed by atoms with E-state index in [1.807, 2.05) is 0 Å². The zero-order valence-electron chi connectivity index (χ0n) is 8.58. The Hall–Kier alpha value is -2.70. The van der Waals surface area contributed by atoms with Crippen molar-refractivity contribution in [3.8, 4) is 11.1 Å². The highest BCUT2D eigenvalue weighted by Gasteiger charge is 2.09. The summed E-state index contributed by atoms with van der Waals surface area (Å²) in [6.07, 6.45) is 1.28. The standard InChI is InChI=1S/C10H8N4O3/c11-9-8(5-12-10(15)13-9)6-2-1-3-7(4-6)14(16)17/h1-5H,(H3,11,12,13,15). The lowest BCUT2D eigenvalue weighted by molar-refractivity contribution is -0.384. The Bertz CT molecular complexity index is 635. The Morgan fingerprint density at radius 3 is 2.82 bits per heavy atom. The summed E-state index contributed by atoms with van der Waals surface area (Å²) in [6.45, 7) is 0. The second-order valence-corrected chi connectivity index (χ2v) is 3.32. The van der Waals surface area contributed by atoms with Crippen LogP contribution in [0.15, 0.2) is 35.3 Å². The summed E-state index contributed by atoms with van der Waals surface area (Å²) in [5.74, 6) is 0.130. The number of anilines is 1. The van der Waals surface area contributed by atoms with Gasteiger partial charge in [-0.15, -0.1) is 0 Å². The summed E-state index contributed by atoms with van der Waals surface area (Å²) in [5, 5.41) is 10.6. The van der Waals surface area contributed by atoms with Crippen LogP contribution < -0.4 is 11.4 Å². The van der Waals surface area contributed by atoms with Crippen molar-refractivity contribution in [3.05, 3.63) is 51.1 Å². The lowest BCUT2D eigenvalue weighted by Gasteiger charge is -2.03. The van der Waals surface area contributed by atoms with E-state index < -0.39 is 10.6 Å². The zero-order chi connectivity index (χ0) is 12.4. The molecular weight excluding hydrogens is 224 g/mol. The summed E-state index contributed by atoms with van der Waals surface area (Å²) < 4.78 is 0. The number of H-pyrrole nitrogens is 1. The van der Waals surface area contributed by atoms with Gasteiger partial charge in [-0.1, -0.05) is 12.1 Å². The number of rotatable bonds is 2. The van der Waals surface area contributed by atoms with Gasteiger partial charge in [-0.25, -0.2) is 9.78 Å². The van der Waals surface area contributed by atoms with Gasteiger partial charge in [0.25, 0.3) is 5.69 Å². The van der Waals surface area contributed by atoms with Crippen LogP contribution in [0.2, 0.25) is 0 Å². The molecule has 2 aromatic rings. The molecule has 1 aromatic carbocycles. The molecule has 0 aliphatic heterocycles. The van der Waals surface area contributed by atoms with Crippen molar-refractivity contribution < 1.29 is 4.92 Å². The highest BCUT2D eigenvalue weighted by atomic mass is 16.6. The minimum atomic E-state index is -0.559. The predicted octanol–water partition coefficient (Wildman–Crippen LogP) is 0.927. The van der Waals surface area contributed by atoms with Crippen LogP contribution in [0, 0.1) is 10.1 Å². The number of nitrogens with one attached hydrogen (secondary N) is 1. The lowest BCUT2D eigenvalue weighted by atomic mass is 10.1. The van der Waals surface area contributed by atoms with Gasteiger partial charge in [0.05, 0.1) is 4.92 Å². The molecule has 0 amide bonds. The molecule has 0 saturated heterocycles. The molecule has 0 unspecified atom stereocenters. The van der Waals surface area contributed by atoms with E-state index in [9.17, 15) is 14.9 Å². The first-order chi connectivity index (χ1) is 8.08. The van der Waals surface area contributed by atoms with Crippen LogP contribution in [-0.4, -0.2) is 14.9 Å². The van der Waals surface area contributed by atoms with Gasteiger partial charge < -0.3 is 5.73 Å². The monoisotopic (exact) mass is 232 g/mol. The molecule has 0 radical (unpaired) electrons. The third-order valence-electron chi connectivity index (χ3n) is 2.21. The second kappa shape index (κ2) is 4.05. The smallest absolute Gasteiger partial charge is 0.346 e. The quantitative estimate of drug-likeness (QED) is 0.590. The van der Waals surface area contributed by atoms with Crippen molar-refractivity contribution in [2.24, 2.45) is 0 Å². The van der Waals surface area contributed by atoms with Gasteiger partial charge in [-0.2, -0.15) is 0 Å². The fourth-order valence-electron chi connectivity index (χ4n) is 1.42. The Kier molecular flexibility index (Phi) is 2.57. The third kappa shape index (κ3) is 2.12. The molecule has 86 valence electrons. The van der Waals surface area contributed by atoms with E-state index in [2.05, 4.69) is 9.97 Å². The molecule has 0 spiro atoms. The van der Waals surface area contributed by atoms with Gasteiger partial charge in [0, 0.05) is 23.9 Å². The highest BCUT2D eigenvalue weighted by molar-refractivity contribution is 5.74. The van der Waals surface area contributed by atoms with Gasteiger partial charge in [-0.05, 0) is 5.56 Å². The van der Waals surface area contributed by atoms with Gasteiger partial charge in [0.2, 0.25) is 0 Å². The van der Waals surface area contributed by atoms with Crippen molar-refractivity contribution in [1.82, 2.24) is 9.97 Å². The van der Waals surface area contributed by atoms with Gasteiger partial charge in [-0.3, -0.25) is 15.1 Å². The van der Waals surface area contributed by atoms with Gasteiger partial charge in [0.1, 0.15) is 5.82 Å². The average Bonchev–Trinajstić information content (AvgIpc) is 2.29. The molecule has 2 rings (SSSR count). The highest BCUT2D eigenvalue weighted by Crippen LogP contribution is 2.25. The minimum absolute atomic E-state index is 0.0481. The van der Waals surface area contributed by atoms with E-state index in [0.29, 0.717) is 11.1 Å². The first-order valence-electron chi connectivity index (χ1n) is 4.67. The average molecular weight is 232 g/mol. The number of hydrogen-bond donors (Lipinski definition) is 2. The second-order valence-electron chi connectivity index (χ2n) is 3.32. The van der Waals surface area contributed by atoms with Crippen molar-refractivity contribution in [3.63, 3.8) is 0 Å². The molecule has 1 aromatic heterocycles. The molecule has 0 atom stereocenters. The number of non-ortho nitro benzene ring substituents is 1. The van der Waals surface area contributed by atoms with E-state index in [0.717, 1.165) is 0 Å². The molecule has 7 nitrogen and oxygen atoms in total. The van der Waals surface area contributed by atoms with E-state index >= 15 is 0 Å². The maximum absolute atomic E-state index is 10.9. The summed E-state index contributed by atoms with van der Waals surface area (Å²) in [5.41, 5.74) is 5.99. The minimum Gasteiger partial charge on any atom is -0.385 e. The molecule has 7 heteroatoms. The van der Waals surface area contributed by atoms with Crippen LogP contribution in [0.4, 0.5) is 11.5 Å². The number of nitrogen functional groups attached to an aromatic ring is 1. The van der Waals surface area contributed by atoms with Crippen molar-refractivity contribution >= 4 is 11.5 Å². The summed E-state index contributed by atoms with van der Waals surface area (Å²) in [6, 6.07) is 5.93. The Balaban J connectivity index is 2.56. The number of nitro groups is 1. The summed E-state index contributed by atoms with van der Waals surface area (Å²) in [4.78, 5) is 26.9. The Morgan fingerprint density at radius 2 is 2.18 bits per heavy atom. The van der Waals surface area contributed by atoms with Crippen molar-refractivity contribution in [2.45, 2.75) is 0 Å². The van der Waals surface area contributed by atoms with Crippen LogP contribution in [0.3, 0.4) is 0 Å². The van der Waals surface area contributed by atoms with E-state index in [1.54, 1.807) is 6.07 Å². The number of nitrogens with two attached hydrogens (primary N) is 1. The van der Waals surface area contributed by atoms with Crippen molar-refractivity contribution in [1.29, 1.82) is 0 Å². The molecule has 0 aliphatic rings. The number of nitrogens with zero attached hydrogens (tertiary/aromatic N) is 2. The van der Waals surface area contributed by atoms with Crippen LogP contribution in [0.1, 0.15) is 0 Å². The fraction of sp³-hybridized carbons (Fsp3) is 0. The van der Waals surface area contributed by atoms with E-state index in [-0.39, 0.29) is 11.5 Å². The molecule has 0 bridgehead atoms. The normalized spacial score (nSPS) is 10.1. The van der Waals surface area contributed by atoms with E-state index in [4.69, 9.17) is 5.73 Å². The van der Waals surface area contributed by atoms with Gasteiger partial charge in [0.15, 0.2) is 0 Å². The fourth-order valence-corrected chi connectivity index (χ4v) is 1.42. The lowest BCUT2D eigenvalue weighted by Crippen LogP contribution is -2.12. The zero-order valence-corrected chi connectivity index (χ0v) is 8.58. The van der Waals surface area contributed by atoms with Gasteiger partial charge >= 0.3 is 5.69 Å². The molecular formula is C10H8N4O3. The largest absolute Gasteiger partial charge is 0.385 e. The summed E-state index contributed by atoms with van der Waals surface area (Å²) >= 11 is 0. The van der Waals surface area contributed by atoms with Crippen LogP contribution in [0.5, 0.6) is 0 Å².